The van der Waals surface area contributed by atoms with Crippen LogP contribution in [0.1, 0.15) is 16.1 Å². The summed E-state index contributed by atoms with van der Waals surface area (Å²) in [7, 11) is 1.74. The quantitative estimate of drug-likeness (QED) is 0.753. The standard InChI is InChI=1S/C15H15N5O/c1-9-13(16)14(20(2)19-9)18-15(21)11-5-6-12-10(8-11)4-3-7-17-12/h3-8H,16H2,1-2H3,(H,18,21). The van der Waals surface area contributed by atoms with Crippen molar-refractivity contribution in [1.29, 1.82) is 0 Å². The largest absolute Gasteiger partial charge is 0.394 e. The summed E-state index contributed by atoms with van der Waals surface area (Å²) in [5.41, 5.74) is 8.48. The van der Waals surface area contributed by atoms with Crippen molar-refractivity contribution in [2.75, 3.05) is 11.1 Å². The SMILES string of the molecule is Cc1nn(C)c(NC(=O)c2ccc3ncccc3c2)c1N. The highest BCUT2D eigenvalue weighted by molar-refractivity contribution is 6.07. The Hall–Kier alpha value is -2.89. The van der Waals surface area contributed by atoms with E-state index in [-0.39, 0.29) is 5.91 Å². The van der Waals surface area contributed by atoms with Crippen LogP contribution in [-0.2, 0) is 7.05 Å². The normalized spacial score (nSPS) is 10.8. The molecule has 6 nitrogen and oxygen atoms in total. The summed E-state index contributed by atoms with van der Waals surface area (Å²) < 4.78 is 1.56. The Morgan fingerprint density at radius 1 is 1.33 bits per heavy atom. The van der Waals surface area contributed by atoms with Crippen molar-refractivity contribution < 1.29 is 4.79 Å². The molecule has 6 heteroatoms. The lowest BCUT2D eigenvalue weighted by Gasteiger charge is -2.07. The van der Waals surface area contributed by atoms with Crippen molar-refractivity contribution in [3.8, 4) is 0 Å². The summed E-state index contributed by atoms with van der Waals surface area (Å²) in [6.07, 6.45) is 1.72. The van der Waals surface area contributed by atoms with Gasteiger partial charge in [0.05, 0.1) is 16.9 Å². The molecule has 0 aliphatic heterocycles. The number of benzene rings is 1. The Kier molecular flexibility index (Phi) is 3.06. The predicted molar refractivity (Wildman–Crippen MR) is 82.1 cm³/mol. The first kappa shape index (κ1) is 13.1. The molecule has 1 amide bonds. The fraction of sp³-hybridized carbons (Fsp3) is 0.133. The highest BCUT2D eigenvalue weighted by atomic mass is 16.1. The molecule has 1 aromatic carbocycles. The average Bonchev–Trinajstić information content (AvgIpc) is 2.73. The third-order valence-electron chi connectivity index (χ3n) is 3.37. The van der Waals surface area contributed by atoms with Gasteiger partial charge in [-0.1, -0.05) is 6.07 Å². The molecule has 21 heavy (non-hydrogen) atoms. The summed E-state index contributed by atoms with van der Waals surface area (Å²) in [5.74, 6) is 0.277. The zero-order valence-corrected chi connectivity index (χ0v) is 11.8. The van der Waals surface area contributed by atoms with Crippen LogP contribution in [0.25, 0.3) is 10.9 Å². The van der Waals surface area contributed by atoms with Crippen LogP contribution in [0.4, 0.5) is 11.5 Å². The molecule has 0 spiro atoms. The van der Waals surface area contributed by atoms with Gasteiger partial charge in [0.15, 0.2) is 5.82 Å². The number of nitrogen functional groups attached to an aromatic ring is 1. The molecule has 0 aliphatic rings. The van der Waals surface area contributed by atoms with E-state index in [1.54, 1.807) is 37.0 Å². The molecule has 0 aliphatic carbocycles. The van der Waals surface area contributed by atoms with Gasteiger partial charge in [0, 0.05) is 24.2 Å². The maximum Gasteiger partial charge on any atom is 0.256 e. The van der Waals surface area contributed by atoms with Crippen molar-refractivity contribution in [2.24, 2.45) is 7.05 Å². The molecular weight excluding hydrogens is 266 g/mol. The van der Waals surface area contributed by atoms with Crippen LogP contribution >= 0.6 is 0 Å². The van der Waals surface area contributed by atoms with Crippen LogP contribution in [0.2, 0.25) is 0 Å². The fourth-order valence-corrected chi connectivity index (χ4v) is 2.22. The second kappa shape index (κ2) is 4.90. The molecule has 0 saturated carbocycles. The van der Waals surface area contributed by atoms with Gasteiger partial charge in [-0.25, -0.2) is 0 Å². The number of aromatic nitrogens is 3. The third kappa shape index (κ3) is 2.31. The van der Waals surface area contributed by atoms with Gasteiger partial charge in [-0.15, -0.1) is 0 Å². The summed E-state index contributed by atoms with van der Waals surface area (Å²) in [6, 6.07) is 9.12. The van der Waals surface area contributed by atoms with Gasteiger partial charge in [0.1, 0.15) is 0 Å². The molecule has 0 unspecified atom stereocenters. The van der Waals surface area contributed by atoms with E-state index in [1.807, 2.05) is 18.2 Å². The number of amides is 1. The highest BCUT2D eigenvalue weighted by Gasteiger charge is 2.14. The van der Waals surface area contributed by atoms with Gasteiger partial charge in [-0.3, -0.25) is 14.5 Å². The number of nitrogens with one attached hydrogen (secondary N) is 1. The van der Waals surface area contributed by atoms with Crippen LogP contribution in [-0.4, -0.2) is 20.7 Å². The average molecular weight is 281 g/mol. The number of anilines is 2. The van der Waals surface area contributed by atoms with Crippen molar-refractivity contribution in [3.63, 3.8) is 0 Å². The van der Waals surface area contributed by atoms with Crippen molar-refractivity contribution in [2.45, 2.75) is 6.92 Å². The molecule has 0 atom stereocenters. The van der Waals surface area contributed by atoms with E-state index in [1.165, 1.54) is 0 Å². The molecule has 3 rings (SSSR count). The second-order valence-electron chi connectivity index (χ2n) is 4.84. The lowest BCUT2D eigenvalue weighted by atomic mass is 10.1. The predicted octanol–water partition coefficient (Wildman–Crippen LogP) is 2.11. The van der Waals surface area contributed by atoms with Crippen molar-refractivity contribution in [1.82, 2.24) is 14.8 Å². The summed E-state index contributed by atoms with van der Waals surface area (Å²) >= 11 is 0. The van der Waals surface area contributed by atoms with Gasteiger partial charge in [0.25, 0.3) is 5.91 Å². The number of nitrogens with two attached hydrogens (primary N) is 1. The van der Waals surface area contributed by atoms with E-state index < -0.39 is 0 Å². The molecule has 2 aromatic heterocycles. The minimum atomic E-state index is -0.226. The van der Waals surface area contributed by atoms with Crippen LogP contribution in [0.5, 0.6) is 0 Å². The monoisotopic (exact) mass is 281 g/mol. The number of rotatable bonds is 2. The molecule has 2 heterocycles. The summed E-state index contributed by atoms with van der Waals surface area (Å²) in [5, 5.41) is 7.89. The number of aryl methyl sites for hydroxylation is 2. The number of hydrogen-bond acceptors (Lipinski definition) is 4. The number of carbonyl (C=O) groups excluding carboxylic acids is 1. The van der Waals surface area contributed by atoms with Crippen molar-refractivity contribution >= 4 is 28.3 Å². The number of hydrogen-bond donors (Lipinski definition) is 2. The van der Waals surface area contributed by atoms with E-state index in [0.717, 1.165) is 10.9 Å². The van der Waals surface area contributed by atoms with E-state index in [0.29, 0.717) is 22.8 Å². The van der Waals surface area contributed by atoms with E-state index in [9.17, 15) is 4.79 Å². The Morgan fingerprint density at radius 3 is 2.86 bits per heavy atom. The first-order valence-electron chi connectivity index (χ1n) is 6.51. The first-order chi connectivity index (χ1) is 10.1. The van der Waals surface area contributed by atoms with E-state index >= 15 is 0 Å². The van der Waals surface area contributed by atoms with Gasteiger partial charge in [-0.2, -0.15) is 5.10 Å². The number of carbonyl (C=O) groups is 1. The number of pyridine rings is 1. The molecule has 106 valence electrons. The van der Waals surface area contributed by atoms with Gasteiger partial charge >= 0.3 is 0 Å². The molecule has 0 fully saturated rings. The Balaban J connectivity index is 1.93. The first-order valence-corrected chi connectivity index (χ1v) is 6.51. The van der Waals surface area contributed by atoms with Crippen LogP contribution in [0, 0.1) is 6.92 Å². The Bertz CT molecular complexity index is 837. The third-order valence-corrected chi connectivity index (χ3v) is 3.37. The summed E-state index contributed by atoms with van der Waals surface area (Å²) in [6.45, 7) is 1.80. The zero-order valence-electron chi connectivity index (χ0n) is 11.8. The fourth-order valence-electron chi connectivity index (χ4n) is 2.22. The number of fused-ring (bicyclic) bond motifs is 1. The minimum Gasteiger partial charge on any atom is -0.394 e. The lowest BCUT2D eigenvalue weighted by molar-refractivity contribution is 0.102. The lowest BCUT2D eigenvalue weighted by Crippen LogP contribution is -2.15. The Morgan fingerprint density at radius 2 is 2.14 bits per heavy atom. The Labute approximate surface area is 121 Å². The second-order valence-corrected chi connectivity index (χ2v) is 4.84. The van der Waals surface area contributed by atoms with E-state index in [4.69, 9.17) is 5.73 Å². The van der Waals surface area contributed by atoms with Crippen LogP contribution in [0.15, 0.2) is 36.5 Å². The topological polar surface area (TPSA) is 85.8 Å². The van der Waals surface area contributed by atoms with E-state index in [2.05, 4.69) is 15.4 Å². The molecule has 0 bridgehead atoms. The van der Waals surface area contributed by atoms with Gasteiger partial charge in [-0.05, 0) is 31.2 Å². The molecule has 0 radical (unpaired) electrons. The van der Waals surface area contributed by atoms with Crippen molar-refractivity contribution in [3.05, 3.63) is 47.8 Å². The molecular formula is C15H15N5O. The minimum absolute atomic E-state index is 0.226. The maximum absolute atomic E-state index is 12.3. The number of nitrogens with zero attached hydrogens (tertiary/aromatic N) is 3. The van der Waals surface area contributed by atoms with Crippen LogP contribution < -0.4 is 11.1 Å². The van der Waals surface area contributed by atoms with Crippen LogP contribution in [0.3, 0.4) is 0 Å². The summed E-state index contributed by atoms with van der Waals surface area (Å²) in [4.78, 5) is 16.6. The van der Waals surface area contributed by atoms with Gasteiger partial charge < -0.3 is 11.1 Å². The molecule has 3 aromatic rings. The molecule has 3 N–H and O–H groups in total. The molecule has 0 saturated heterocycles. The van der Waals surface area contributed by atoms with Gasteiger partial charge in [0.2, 0.25) is 0 Å². The highest BCUT2D eigenvalue weighted by Crippen LogP contribution is 2.22. The maximum atomic E-state index is 12.3. The zero-order chi connectivity index (χ0) is 15.0. The smallest absolute Gasteiger partial charge is 0.256 e.